The quantitative estimate of drug-likeness (QED) is 0.714. The summed E-state index contributed by atoms with van der Waals surface area (Å²) in [5.41, 5.74) is 7.09. The Kier molecular flexibility index (Phi) is 4.19. The average molecular weight is 273 g/mol. The van der Waals surface area contributed by atoms with Gasteiger partial charge in [0.15, 0.2) is 0 Å². The first kappa shape index (κ1) is 16.1. The molecule has 0 unspecified atom stereocenters. The van der Waals surface area contributed by atoms with Crippen LogP contribution in [0.4, 0.5) is 0 Å². The summed E-state index contributed by atoms with van der Waals surface area (Å²) in [6, 6.07) is 3.82. The molecule has 0 aliphatic rings. The molecule has 0 aliphatic carbocycles. The topological polar surface area (TPSA) is 63.3 Å². The first-order chi connectivity index (χ1) is 8.93. The van der Waals surface area contributed by atoms with Gasteiger partial charge in [0.05, 0.1) is 5.56 Å². The van der Waals surface area contributed by atoms with Crippen LogP contribution in [-0.2, 0) is 15.6 Å². The van der Waals surface area contributed by atoms with Gasteiger partial charge in [0.2, 0.25) is 0 Å². The van der Waals surface area contributed by atoms with Gasteiger partial charge in [-0.25, -0.2) is 0 Å². The Morgan fingerprint density at radius 2 is 1.65 bits per heavy atom. The molecular weight excluding hydrogens is 250 g/mol. The Morgan fingerprint density at radius 3 is 2.05 bits per heavy atom. The minimum Gasteiger partial charge on any atom is -0.506 e. The molecule has 1 aromatic rings. The van der Waals surface area contributed by atoms with Crippen molar-refractivity contribution in [2.45, 2.75) is 52.4 Å². The molecule has 0 aromatic heterocycles. The number of hydrogen-bond acceptors (Lipinski definition) is 2. The monoisotopic (exact) mass is 273 g/mol. The lowest BCUT2D eigenvalue weighted by Gasteiger charge is -2.26. The molecule has 0 saturated carbocycles. The van der Waals surface area contributed by atoms with E-state index >= 15 is 0 Å². The number of carbonyl (C=O) groups excluding carboxylic acids is 1. The van der Waals surface area contributed by atoms with Gasteiger partial charge in [-0.05, 0) is 22.5 Å². The largest absolute Gasteiger partial charge is 0.506 e. The predicted octanol–water partition coefficient (Wildman–Crippen LogP) is 2.82. The van der Waals surface area contributed by atoms with Gasteiger partial charge in [-0.1, -0.05) is 53.5 Å². The summed E-state index contributed by atoms with van der Waals surface area (Å²) in [5.74, 6) is 4.37. The number of carbonyl (C=O) groups is 1. The van der Waals surface area contributed by atoms with Gasteiger partial charge in [0.1, 0.15) is 5.75 Å². The zero-order valence-electron chi connectivity index (χ0n) is 13.1. The third kappa shape index (κ3) is 3.77. The van der Waals surface area contributed by atoms with E-state index < -0.39 is 5.91 Å². The number of hydrogen-bond donors (Lipinski definition) is 2. The van der Waals surface area contributed by atoms with Crippen molar-refractivity contribution in [1.29, 1.82) is 0 Å². The molecule has 3 N–H and O–H groups in total. The second kappa shape index (κ2) is 5.20. The van der Waals surface area contributed by atoms with Crippen molar-refractivity contribution < 1.29 is 9.90 Å². The van der Waals surface area contributed by atoms with Crippen LogP contribution < -0.4 is 5.73 Å². The second-order valence-electron chi connectivity index (χ2n) is 7.03. The Balaban J connectivity index is 3.61. The van der Waals surface area contributed by atoms with Crippen molar-refractivity contribution in [3.8, 4) is 17.6 Å². The number of phenolic OH excluding ortho intramolecular Hbond substituents is 1. The van der Waals surface area contributed by atoms with Crippen LogP contribution in [-0.4, -0.2) is 11.0 Å². The number of benzene rings is 1. The third-order valence-electron chi connectivity index (χ3n) is 3.10. The molecule has 1 rings (SSSR count). The lowest BCUT2D eigenvalue weighted by atomic mass is 9.79. The number of phenols is 1. The predicted molar refractivity (Wildman–Crippen MR) is 81.6 cm³/mol. The van der Waals surface area contributed by atoms with Crippen molar-refractivity contribution in [1.82, 2.24) is 0 Å². The van der Waals surface area contributed by atoms with Crippen LogP contribution in [0.5, 0.6) is 5.75 Å². The van der Waals surface area contributed by atoms with E-state index in [0.717, 1.165) is 11.1 Å². The molecular formula is C17H23NO2. The van der Waals surface area contributed by atoms with E-state index in [2.05, 4.69) is 32.6 Å². The van der Waals surface area contributed by atoms with Crippen LogP contribution in [0.3, 0.4) is 0 Å². The molecule has 0 saturated heterocycles. The number of primary amides is 1. The van der Waals surface area contributed by atoms with Crippen molar-refractivity contribution in [2.24, 2.45) is 5.73 Å². The second-order valence-corrected chi connectivity index (χ2v) is 7.03. The van der Waals surface area contributed by atoms with Crippen LogP contribution >= 0.6 is 0 Å². The lowest BCUT2D eigenvalue weighted by molar-refractivity contribution is -0.112. The van der Waals surface area contributed by atoms with Crippen LogP contribution in [0.1, 0.15) is 58.2 Å². The Bertz CT molecular complexity index is 590. The highest BCUT2D eigenvalue weighted by Gasteiger charge is 2.24. The van der Waals surface area contributed by atoms with Crippen molar-refractivity contribution >= 4 is 5.91 Å². The number of aromatic hydroxyl groups is 1. The van der Waals surface area contributed by atoms with Gasteiger partial charge in [-0.15, -0.1) is 0 Å². The van der Waals surface area contributed by atoms with Gasteiger partial charge in [-0.2, -0.15) is 0 Å². The van der Waals surface area contributed by atoms with E-state index in [-0.39, 0.29) is 16.6 Å². The normalized spacial score (nSPS) is 11.7. The summed E-state index contributed by atoms with van der Waals surface area (Å²) in [6.45, 7) is 12.4. The molecule has 0 bridgehead atoms. The van der Waals surface area contributed by atoms with E-state index in [4.69, 9.17) is 5.73 Å². The minimum atomic E-state index is -0.706. The fraction of sp³-hybridized carbons (Fsp3) is 0.471. The maximum absolute atomic E-state index is 10.8. The molecule has 0 fully saturated rings. The van der Waals surface area contributed by atoms with E-state index in [1.165, 1.54) is 0 Å². The molecule has 0 aliphatic heterocycles. The fourth-order valence-electron chi connectivity index (χ4n) is 1.86. The maximum Gasteiger partial charge on any atom is 0.293 e. The number of rotatable bonds is 0. The highest BCUT2D eigenvalue weighted by atomic mass is 16.3. The first-order valence-corrected chi connectivity index (χ1v) is 6.62. The molecule has 0 heterocycles. The summed E-state index contributed by atoms with van der Waals surface area (Å²) >= 11 is 0. The van der Waals surface area contributed by atoms with Gasteiger partial charge < -0.3 is 10.8 Å². The van der Waals surface area contributed by atoms with Crippen LogP contribution in [0.25, 0.3) is 0 Å². The molecule has 3 heteroatoms. The standard InChI is InChI=1S/C17H23NO2/c1-16(2,3)12-9-11(7-8-14(18)19)15(20)13(10-12)17(4,5)6/h9-10,20H,1-6H3,(H2,18,19). The molecule has 0 atom stereocenters. The van der Waals surface area contributed by atoms with Gasteiger partial charge in [0.25, 0.3) is 5.91 Å². The number of nitrogens with two attached hydrogens (primary N) is 1. The zero-order chi connectivity index (χ0) is 15.7. The van der Waals surface area contributed by atoms with Gasteiger partial charge >= 0.3 is 0 Å². The van der Waals surface area contributed by atoms with Crippen molar-refractivity contribution in [2.75, 3.05) is 0 Å². The molecule has 3 nitrogen and oxygen atoms in total. The molecule has 1 amide bonds. The highest BCUT2D eigenvalue weighted by Crippen LogP contribution is 2.37. The first-order valence-electron chi connectivity index (χ1n) is 6.62. The summed E-state index contributed by atoms with van der Waals surface area (Å²) in [7, 11) is 0. The summed E-state index contributed by atoms with van der Waals surface area (Å²) in [6.07, 6.45) is 0. The van der Waals surface area contributed by atoms with Gasteiger partial charge in [0, 0.05) is 11.5 Å². The molecule has 0 spiro atoms. The number of amides is 1. The minimum absolute atomic E-state index is 0.0726. The Labute approximate surface area is 121 Å². The SMILES string of the molecule is CC(C)(C)c1cc(C#CC(N)=O)c(O)c(C(C)(C)C)c1. The highest BCUT2D eigenvalue weighted by molar-refractivity contribution is 5.92. The average Bonchev–Trinajstić information content (AvgIpc) is 2.24. The molecule has 0 radical (unpaired) electrons. The summed E-state index contributed by atoms with van der Waals surface area (Å²) < 4.78 is 0. The zero-order valence-corrected chi connectivity index (χ0v) is 13.1. The van der Waals surface area contributed by atoms with Crippen molar-refractivity contribution in [3.05, 3.63) is 28.8 Å². The van der Waals surface area contributed by atoms with Crippen LogP contribution in [0.15, 0.2) is 12.1 Å². The van der Waals surface area contributed by atoms with Crippen LogP contribution in [0, 0.1) is 11.8 Å². The van der Waals surface area contributed by atoms with E-state index in [1.807, 2.05) is 32.9 Å². The fourth-order valence-corrected chi connectivity index (χ4v) is 1.86. The van der Waals surface area contributed by atoms with E-state index in [1.54, 1.807) is 0 Å². The third-order valence-corrected chi connectivity index (χ3v) is 3.10. The summed E-state index contributed by atoms with van der Waals surface area (Å²) in [4.78, 5) is 10.8. The van der Waals surface area contributed by atoms with Gasteiger partial charge in [-0.3, -0.25) is 4.79 Å². The Hall–Kier alpha value is -1.95. The molecule has 108 valence electrons. The maximum atomic E-state index is 10.8. The van der Waals surface area contributed by atoms with E-state index in [0.29, 0.717) is 5.56 Å². The summed E-state index contributed by atoms with van der Waals surface area (Å²) in [5, 5.41) is 10.4. The smallest absolute Gasteiger partial charge is 0.293 e. The van der Waals surface area contributed by atoms with Crippen LogP contribution in [0.2, 0.25) is 0 Å². The molecule has 20 heavy (non-hydrogen) atoms. The molecule has 1 aromatic carbocycles. The van der Waals surface area contributed by atoms with E-state index in [9.17, 15) is 9.90 Å². The Morgan fingerprint density at radius 1 is 1.10 bits per heavy atom. The van der Waals surface area contributed by atoms with Crippen molar-refractivity contribution in [3.63, 3.8) is 0 Å². The lowest BCUT2D eigenvalue weighted by Crippen LogP contribution is -2.17.